The van der Waals surface area contributed by atoms with Crippen molar-refractivity contribution in [3.63, 3.8) is 0 Å². The van der Waals surface area contributed by atoms with Gasteiger partial charge in [0.1, 0.15) is 6.61 Å². The van der Waals surface area contributed by atoms with Gasteiger partial charge in [0, 0.05) is 5.56 Å². The van der Waals surface area contributed by atoms with Gasteiger partial charge in [0.2, 0.25) is 0 Å². The first kappa shape index (κ1) is 19.2. The van der Waals surface area contributed by atoms with Gasteiger partial charge in [-0.1, -0.05) is 61.2 Å². The summed E-state index contributed by atoms with van der Waals surface area (Å²) in [6, 6.07) is 6.29. The number of carboxylic acid groups (broad SMARTS) is 1. The highest BCUT2D eigenvalue weighted by molar-refractivity contribution is 5.99. The van der Waals surface area contributed by atoms with Crippen molar-refractivity contribution in [2.75, 3.05) is 6.61 Å². The summed E-state index contributed by atoms with van der Waals surface area (Å²) in [6.45, 7) is 6.14. The molecule has 1 unspecified atom stereocenters. The van der Waals surface area contributed by atoms with E-state index >= 15 is 0 Å². The molecule has 0 aliphatic heterocycles. The van der Waals surface area contributed by atoms with Crippen LogP contribution >= 0.6 is 0 Å². The highest BCUT2D eigenvalue weighted by Gasteiger charge is 2.07. The summed E-state index contributed by atoms with van der Waals surface area (Å²) in [5.41, 5.74) is 6.53. The summed E-state index contributed by atoms with van der Waals surface area (Å²) in [5, 5.41) is 12.9. The highest BCUT2D eigenvalue weighted by Crippen LogP contribution is 2.11. The first-order valence-corrected chi connectivity index (χ1v) is 7.81. The van der Waals surface area contributed by atoms with Crippen molar-refractivity contribution in [3.8, 4) is 0 Å². The van der Waals surface area contributed by atoms with E-state index in [4.69, 9.17) is 15.7 Å². The summed E-state index contributed by atoms with van der Waals surface area (Å²) in [5.74, 6) is -0.508. The zero-order valence-corrected chi connectivity index (χ0v) is 13.9. The van der Waals surface area contributed by atoms with Gasteiger partial charge in [-0.15, -0.1) is 0 Å². The fraction of sp³-hybridized carbons (Fsp3) is 0.263. The van der Waals surface area contributed by atoms with Crippen molar-refractivity contribution in [3.05, 3.63) is 72.4 Å². The second kappa shape index (κ2) is 10.8. The van der Waals surface area contributed by atoms with Crippen molar-refractivity contribution in [1.82, 2.24) is 0 Å². The molecule has 5 nitrogen and oxygen atoms in total. The van der Waals surface area contributed by atoms with E-state index in [1.54, 1.807) is 18.2 Å². The minimum absolute atomic E-state index is 0.162. The molecule has 3 N–H and O–H groups in total. The molecule has 0 saturated heterocycles. The Labute approximate surface area is 142 Å². The van der Waals surface area contributed by atoms with Gasteiger partial charge in [0.25, 0.3) is 0 Å². The highest BCUT2D eigenvalue weighted by atomic mass is 16.6. The lowest BCUT2D eigenvalue weighted by molar-refractivity contribution is 0.0697. The maximum Gasteiger partial charge on any atom is 0.335 e. The second-order valence-electron chi connectivity index (χ2n) is 5.22. The Morgan fingerprint density at radius 2 is 2.12 bits per heavy atom. The number of rotatable bonds is 10. The molecule has 1 aromatic rings. The van der Waals surface area contributed by atoms with Gasteiger partial charge in [-0.2, -0.15) is 0 Å². The molecule has 0 heterocycles. The van der Waals surface area contributed by atoms with Crippen LogP contribution in [0.4, 0.5) is 0 Å². The fourth-order valence-corrected chi connectivity index (χ4v) is 1.92. The van der Waals surface area contributed by atoms with E-state index in [0.29, 0.717) is 18.1 Å². The molecule has 0 spiro atoms. The van der Waals surface area contributed by atoms with Crippen molar-refractivity contribution < 1.29 is 14.7 Å². The maximum absolute atomic E-state index is 11.0. The van der Waals surface area contributed by atoms with Gasteiger partial charge < -0.3 is 15.7 Å². The molecule has 128 valence electrons. The zero-order chi connectivity index (χ0) is 17.8. The number of nitrogens with zero attached hydrogens (tertiary/aromatic N) is 1. The maximum atomic E-state index is 11.0. The topological polar surface area (TPSA) is 84.9 Å². The van der Waals surface area contributed by atoms with E-state index in [9.17, 15) is 4.79 Å². The molecule has 1 rings (SSSR count). The number of hydrogen-bond donors (Lipinski definition) is 2. The summed E-state index contributed by atoms with van der Waals surface area (Å²) >= 11 is 0. The minimum atomic E-state index is -1.01. The molecule has 0 aliphatic rings. The van der Waals surface area contributed by atoms with Gasteiger partial charge in [-0.3, -0.25) is 0 Å². The predicted molar refractivity (Wildman–Crippen MR) is 97.0 cm³/mol. The standard InChI is InChI=1S/C19H24N2O3/c1-3-5-6-7-8-10-15(4-2)14-24-21-18(20)16-11-9-12-17(13-16)19(22)23/h3,5-9,11-13,15H,1,4,10,14H2,2H3,(H2,20,21)(H,22,23)/b6-5-,8-7-. The van der Waals surface area contributed by atoms with Gasteiger partial charge in [-0.25, -0.2) is 4.79 Å². The lowest BCUT2D eigenvalue weighted by atomic mass is 10.0. The summed E-state index contributed by atoms with van der Waals surface area (Å²) < 4.78 is 0. The van der Waals surface area contributed by atoms with E-state index in [2.05, 4.69) is 24.7 Å². The molecule has 0 aliphatic carbocycles. The average molecular weight is 328 g/mol. The van der Waals surface area contributed by atoms with Crippen LogP contribution in [0.25, 0.3) is 0 Å². The third kappa shape index (κ3) is 6.96. The lowest BCUT2D eigenvalue weighted by Gasteiger charge is -2.11. The van der Waals surface area contributed by atoms with E-state index in [1.807, 2.05) is 18.2 Å². The molecule has 0 saturated carbocycles. The zero-order valence-electron chi connectivity index (χ0n) is 13.9. The van der Waals surface area contributed by atoms with Gasteiger partial charge in [-0.05, 0) is 30.9 Å². The molecule has 0 fully saturated rings. The monoisotopic (exact) mass is 328 g/mol. The fourth-order valence-electron chi connectivity index (χ4n) is 1.92. The van der Waals surface area contributed by atoms with Crippen molar-refractivity contribution >= 4 is 11.8 Å². The normalized spacial score (nSPS) is 13.3. The number of benzene rings is 1. The van der Waals surface area contributed by atoms with Crippen molar-refractivity contribution in [2.45, 2.75) is 19.8 Å². The number of hydrogen-bond acceptors (Lipinski definition) is 3. The minimum Gasteiger partial charge on any atom is -0.478 e. The number of carboxylic acids is 1. The van der Waals surface area contributed by atoms with Crippen LogP contribution in [-0.2, 0) is 4.84 Å². The van der Waals surface area contributed by atoms with Gasteiger partial charge in [0.15, 0.2) is 5.84 Å². The number of carbonyl (C=O) groups is 1. The molecule has 24 heavy (non-hydrogen) atoms. The Bertz CT molecular complexity index is 633. The summed E-state index contributed by atoms with van der Waals surface area (Å²) in [7, 11) is 0. The molecule has 5 heteroatoms. The Balaban J connectivity index is 2.56. The summed E-state index contributed by atoms with van der Waals surface area (Å²) in [6.07, 6.45) is 11.4. The number of allylic oxidation sites excluding steroid dienone is 5. The van der Waals surface area contributed by atoms with Crippen LogP contribution in [0.1, 0.15) is 35.7 Å². The number of amidine groups is 1. The van der Waals surface area contributed by atoms with Crippen LogP contribution < -0.4 is 5.73 Å². The van der Waals surface area contributed by atoms with Gasteiger partial charge in [0.05, 0.1) is 5.56 Å². The molecule has 1 aromatic carbocycles. The Morgan fingerprint density at radius 3 is 2.79 bits per heavy atom. The first-order valence-electron chi connectivity index (χ1n) is 7.81. The number of nitrogens with two attached hydrogens (primary N) is 1. The largest absolute Gasteiger partial charge is 0.478 e. The number of aromatic carboxylic acids is 1. The number of oxime groups is 1. The third-order valence-corrected chi connectivity index (χ3v) is 3.42. The van der Waals surface area contributed by atoms with E-state index < -0.39 is 5.97 Å². The lowest BCUT2D eigenvalue weighted by Crippen LogP contribution is -2.16. The van der Waals surface area contributed by atoms with Crippen molar-refractivity contribution in [1.29, 1.82) is 0 Å². The molecular weight excluding hydrogens is 304 g/mol. The average Bonchev–Trinajstić information content (AvgIpc) is 2.59. The van der Waals surface area contributed by atoms with Crippen LogP contribution in [0.3, 0.4) is 0 Å². The van der Waals surface area contributed by atoms with Crippen molar-refractivity contribution in [2.24, 2.45) is 16.8 Å². The Kier molecular flexibility index (Phi) is 8.68. The third-order valence-electron chi connectivity index (χ3n) is 3.42. The smallest absolute Gasteiger partial charge is 0.335 e. The molecular formula is C19H24N2O3. The SMILES string of the molecule is C=C/C=C\C=C/CC(CC)CO/N=C(\N)c1cccc(C(=O)O)c1. The van der Waals surface area contributed by atoms with E-state index in [-0.39, 0.29) is 11.4 Å². The molecule has 0 aromatic heterocycles. The molecule has 0 bridgehead atoms. The van der Waals surface area contributed by atoms with Crippen LogP contribution in [-0.4, -0.2) is 23.5 Å². The Morgan fingerprint density at radius 1 is 1.38 bits per heavy atom. The molecule has 1 atom stereocenters. The Hall–Kier alpha value is -2.82. The van der Waals surface area contributed by atoms with Crippen LogP contribution in [0.2, 0.25) is 0 Å². The molecule has 0 radical (unpaired) electrons. The predicted octanol–water partition coefficient (Wildman–Crippen LogP) is 3.74. The first-order chi connectivity index (χ1) is 11.6. The second-order valence-corrected chi connectivity index (χ2v) is 5.22. The summed E-state index contributed by atoms with van der Waals surface area (Å²) in [4.78, 5) is 16.3. The van der Waals surface area contributed by atoms with Crippen LogP contribution in [0, 0.1) is 5.92 Å². The van der Waals surface area contributed by atoms with E-state index in [1.165, 1.54) is 12.1 Å². The van der Waals surface area contributed by atoms with E-state index in [0.717, 1.165) is 12.8 Å². The van der Waals surface area contributed by atoms with Crippen LogP contribution in [0.15, 0.2) is 66.4 Å². The van der Waals surface area contributed by atoms with Gasteiger partial charge >= 0.3 is 5.97 Å². The van der Waals surface area contributed by atoms with Crippen LogP contribution in [0.5, 0.6) is 0 Å². The quantitative estimate of drug-likeness (QED) is 0.296. The molecule has 0 amide bonds.